The molecule has 2 rings (SSSR count). The molecule has 1 aliphatic heterocycles. The summed E-state index contributed by atoms with van der Waals surface area (Å²) in [6, 6.07) is 0. The van der Waals surface area contributed by atoms with Gasteiger partial charge >= 0.3 is 12.1 Å². The van der Waals surface area contributed by atoms with E-state index in [-0.39, 0.29) is 5.97 Å². The van der Waals surface area contributed by atoms with Crippen LogP contribution in [0.25, 0.3) is 5.57 Å². The van der Waals surface area contributed by atoms with Gasteiger partial charge in [-0.3, -0.25) is 0 Å². The lowest BCUT2D eigenvalue weighted by atomic mass is 10.1. The van der Waals surface area contributed by atoms with Gasteiger partial charge in [-0.2, -0.15) is 0 Å². The van der Waals surface area contributed by atoms with E-state index in [4.69, 9.17) is 9.84 Å². The first kappa shape index (κ1) is 12.6. The van der Waals surface area contributed by atoms with Gasteiger partial charge in [-0.1, -0.05) is 6.08 Å². The van der Waals surface area contributed by atoms with Gasteiger partial charge in [-0.25, -0.2) is 9.59 Å². The fourth-order valence-corrected chi connectivity index (χ4v) is 3.00. The summed E-state index contributed by atoms with van der Waals surface area (Å²) in [7, 11) is 1.35. The molecule has 1 aliphatic rings. The first-order valence-corrected chi connectivity index (χ1v) is 6.26. The number of methoxy groups -OCH3 is 1. The van der Waals surface area contributed by atoms with Gasteiger partial charge in [0, 0.05) is 16.8 Å². The zero-order valence-electron chi connectivity index (χ0n) is 10.1. The topological polar surface area (TPSA) is 66.8 Å². The molecule has 1 N–H and O–H groups in total. The van der Waals surface area contributed by atoms with Gasteiger partial charge in [-0.05, 0) is 18.1 Å². The molecule has 6 heteroatoms. The lowest BCUT2D eigenvalue weighted by molar-refractivity contribution is 0.0600. The van der Waals surface area contributed by atoms with Crippen molar-refractivity contribution in [1.29, 1.82) is 0 Å². The number of rotatable bonds is 2. The summed E-state index contributed by atoms with van der Waals surface area (Å²) in [5.41, 5.74) is 2.35. The van der Waals surface area contributed by atoms with Crippen LogP contribution in [0.3, 0.4) is 0 Å². The smallest absolute Gasteiger partial charge is 0.407 e. The molecule has 0 aromatic carbocycles. The van der Waals surface area contributed by atoms with Crippen LogP contribution in [0.5, 0.6) is 0 Å². The Kier molecular flexibility index (Phi) is 3.38. The van der Waals surface area contributed by atoms with E-state index in [2.05, 4.69) is 0 Å². The largest absolute Gasteiger partial charge is 0.465 e. The lowest BCUT2D eigenvalue weighted by Gasteiger charge is -2.11. The highest BCUT2D eigenvalue weighted by Crippen LogP contribution is 2.31. The lowest BCUT2D eigenvalue weighted by Crippen LogP contribution is -2.26. The molecule has 0 saturated carbocycles. The third-order valence-electron chi connectivity index (χ3n) is 2.93. The van der Waals surface area contributed by atoms with Gasteiger partial charge in [0.05, 0.1) is 19.2 Å². The minimum absolute atomic E-state index is 0.358. The van der Waals surface area contributed by atoms with Crippen molar-refractivity contribution >= 4 is 29.0 Å². The van der Waals surface area contributed by atoms with E-state index in [1.807, 2.05) is 13.0 Å². The van der Waals surface area contributed by atoms with Crippen molar-refractivity contribution in [3.8, 4) is 0 Å². The van der Waals surface area contributed by atoms with Crippen LogP contribution in [-0.2, 0) is 4.74 Å². The first-order chi connectivity index (χ1) is 8.54. The van der Waals surface area contributed by atoms with Crippen molar-refractivity contribution in [3.05, 3.63) is 27.5 Å². The van der Waals surface area contributed by atoms with Crippen LogP contribution in [0, 0.1) is 6.92 Å². The average molecular weight is 267 g/mol. The van der Waals surface area contributed by atoms with Crippen molar-refractivity contribution in [2.24, 2.45) is 0 Å². The molecule has 0 radical (unpaired) electrons. The minimum Gasteiger partial charge on any atom is -0.465 e. The molecule has 0 saturated heterocycles. The normalized spacial score (nSPS) is 14.6. The molecule has 1 aromatic rings. The van der Waals surface area contributed by atoms with Crippen LogP contribution in [0.4, 0.5) is 4.79 Å². The third kappa shape index (κ3) is 2.11. The first-order valence-electron chi connectivity index (χ1n) is 5.38. The standard InChI is InChI=1S/C12H13NO4S/c1-7-9(11(14)17-2)6-18-10(7)8-3-4-13(5-8)12(15)16/h3,6H,4-5H2,1-2H3,(H,15,16). The molecule has 18 heavy (non-hydrogen) atoms. The molecule has 0 aliphatic carbocycles. The molecule has 2 heterocycles. The van der Waals surface area contributed by atoms with E-state index in [1.165, 1.54) is 23.3 Å². The highest BCUT2D eigenvalue weighted by molar-refractivity contribution is 7.11. The van der Waals surface area contributed by atoms with Crippen molar-refractivity contribution in [1.82, 2.24) is 4.90 Å². The van der Waals surface area contributed by atoms with Crippen LogP contribution in [0.1, 0.15) is 20.8 Å². The predicted molar refractivity (Wildman–Crippen MR) is 68.0 cm³/mol. The number of esters is 1. The molecule has 0 bridgehead atoms. The molecule has 0 unspecified atom stereocenters. The number of hydrogen-bond donors (Lipinski definition) is 1. The van der Waals surface area contributed by atoms with Crippen LogP contribution < -0.4 is 0 Å². The molecular weight excluding hydrogens is 254 g/mol. The van der Waals surface area contributed by atoms with Crippen LogP contribution in [0.15, 0.2) is 11.5 Å². The fourth-order valence-electron chi connectivity index (χ4n) is 1.91. The number of amides is 1. The van der Waals surface area contributed by atoms with Gasteiger partial charge in [0.15, 0.2) is 0 Å². The number of carboxylic acid groups (broad SMARTS) is 1. The second-order valence-corrected chi connectivity index (χ2v) is 4.87. The van der Waals surface area contributed by atoms with E-state index in [1.54, 1.807) is 5.38 Å². The summed E-state index contributed by atoms with van der Waals surface area (Å²) in [5.74, 6) is -0.358. The Labute approximate surface area is 108 Å². The fraction of sp³-hybridized carbons (Fsp3) is 0.333. The summed E-state index contributed by atoms with van der Waals surface area (Å²) in [6.07, 6.45) is 0.956. The zero-order valence-corrected chi connectivity index (χ0v) is 10.9. The SMILES string of the molecule is COC(=O)c1csc(C2=CCN(C(=O)O)C2)c1C. The molecule has 5 nitrogen and oxygen atoms in total. The number of ether oxygens (including phenoxy) is 1. The molecule has 1 amide bonds. The van der Waals surface area contributed by atoms with Crippen molar-refractivity contribution in [2.75, 3.05) is 20.2 Å². The molecule has 0 spiro atoms. The second kappa shape index (κ2) is 4.81. The van der Waals surface area contributed by atoms with Crippen molar-refractivity contribution < 1.29 is 19.4 Å². The Hall–Kier alpha value is -1.82. The van der Waals surface area contributed by atoms with Gasteiger partial charge in [0.1, 0.15) is 0 Å². The second-order valence-electron chi connectivity index (χ2n) is 3.99. The maximum absolute atomic E-state index is 11.5. The van der Waals surface area contributed by atoms with E-state index < -0.39 is 6.09 Å². The maximum Gasteiger partial charge on any atom is 0.407 e. The monoisotopic (exact) mass is 267 g/mol. The number of hydrogen-bond acceptors (Lipinski definition) is 4. The number of nitrogens with zero attached hydrogens (tertiary/aromatic N) is 1. The molecular formula is C12H13NO4S. The van der Waals surface area contributed by atoms with E-state index >= 15 is 0 Å². The number of thiophene rings is 1. The third-order valence-corrected chi connectivity index (χ3v) is 4.08. The summed E-state index contributed by atoms with van der Waals surface area (Å²) >= 11 is 1.44. The molecule has 1 aromatic heterocycles. The van der Waals surface area contributed by atoms with E-state index in [0.717, 1.165) is 16.0 Å². The zero-order chi connectivity index (χ0) is 13.3. The minimum atomic E-state index is -0.927. The average Bonchev–Trinajstić information content (AvgIpc) is 2.94. The van der Waals surface area contributed by atoms with Gasteiger partial charge in [0.25, 0.3) is 0 Å². The Morgan fingerprint density at radius 1 is 1.50 bits per heavy atom. The summed E-state index contributed by atoms with van der Waals surface area (Å²) in [4.78, 5) is 24.6. The van der Waals surface area contributed by atoms with E-state index in [9.17, 15) is 9.59 Å². The highest BCUT2D eigenvalue weighted by Gasteiger charge is 2.23. The van der Waals surface area contributed by atoms with Crippen molar-refractivity contribution in [3.63, 3.8) is 0 Å². The Morgan fingerprint density at radius 3 is 2.78 bits per heavy atom. The van der Waals surface area contributed by atoms with Gasteiger partial charge in [0.2, 0.25) is 0 Å². The number of carbonyl (C=O) groups is 2. The van der Waals surface area contributed by atoms with Gasteiger partial charge < -0.3 is 14.7 Å². The quantitative estimate of drug-likeness (QED) is 0.834. The number of carbonyl (C=O) groups excluding carboxylic acids is 1. The maximum atomic E-state index is 11.5. The van der Waals surface area contributed by atoms with Gasteiger partial charge in [-0.15, -0.1) is 11.3 Å². The molecule has 96 valence electrons. The van der Waals surface area contributed by atoms with E-state index in [0.29, 0.717) is 18.7 Å². The summed E-state index contributed by atoms with van der Waals surface area (Å²) in [6.45, 7) is 2.62. The predicted octanol–water partition coefficient (Wildman–Crippen LogP) is 2.22. The van der Waals surface area contributed by atoms with Crippen LogP contribution in [0.2, 0.25) is 0 Å². The molecule has 0 fully saturated rings. The van der Waals surface area contributed by atoms with Crippen LogP contribution in [-0.4, -0.2) is 42.3 Å². The Bertz CT molecular complexity index is 532. The van der Waals surface area contributed by atoms with Crippen LogP contribution >= 0.6 is 11.3 Å². The Balaban J connectivity index is 2.24. The Morgan fingerprint density at radius 2 is 2.22 bits per heavy atom. The summed E-state index contributed by atoms with van der Waals surface area (Å²) in [5, 5.41) is 10.7. The molecule has 0 atom stereocenters. The van der Waals surface area contributed by atoms with Crippen molar-refractivity contribution in [2.45, 2.75) is 6.92 Å². The summed E-state index contributed by atoms with van der Waals surface area (Å²) < 4.78 is 4.70. The highest BCUT2D eigenvalue weighted by atomic mass is 32.1.